The van der Waals surface area contributed by atoms with Crippen LogP contribution < -0.4 is 11.5 Å². The molecule has 254 valence electrons. The van der Waals surface area contributed by atoms with E-state index in [1.165, 1.54) is 36.4 Å². The van der Waals surface area contributed by atoms with Crippen molar-refractivity contribution < 1.29 is 39.0 Å². The van der Waals surface area contributed by atoms with Gasteiger partial charge in [0.05, 0.1) is 0 Å². The van der Waals surface area contributed by atoms with Crippen LogP contribution in [0.3, 0.4) is 0 Å². The summed E-state index contributed by atoms with van der Waals surface area (Å²) in [5.41, 5.74) is 20.2. The number of hydrogen-bond acceptors (Lipinski definition) is 12. The van der Waals surface area contributed by atoms with Gasteiger partial charge in [-0.2, -0.15) is 27.1 Å². The van der Waals surface area contributed by atoms with Crippen LogP contribution in [-0.2, 0) is 20.2 Å². The lowest BCUT2D eigenvalue weighted by Gasteiger charge is -2.19. The molecular formula is C34H28N6O8S2. The van der Waals surface area contributed by atoms with E-state index in [-0.39, 0.29) is 44.0 Å². The van der Waals surface area contributed by atoms with Gasteiger partial charge in [-0.25, -0.2) is 11.0 Å². The molecule has 0 amide bonds. The van der Waals surface area contributed by atoms with Gasteiger partial charge in [-0.3, -0.25) is 9.11 Å². The fraction of sp³-hybridized carbons (Fsp3) is 0.0588. The minimum Gasteiger partial charge on any atom is -0.505 e. The van der Waals surface area contributed by atoms with Crippen LogP contribution in [0, 0.1) is 24.9 Å². The van der Waals surface area contributed by atoms with Gasteiger partial charge < -0.3 is 21.7 Å². The Kier molecular flexibility index (Phi) is 7.45. The Labute approximate surface area is 288 Å². The highest BCUT2D eigenvalue weighted by atomic mass is 32.2. The molecule has 0 aliphatic rings. The second kappa shape index (κ2) is 11.9. The van der Waals surface area contributed by atoms with Crippen molar-refractivity contribution in [2.75, 3.05) is 11.5 Å². The molecule has 0 radical (unpaired) electrons. The molecule has 0 unspecified atom stereocenters. The first kappa shape index (κ1) is 31.3. The van der Waals surface area contributed by atoms with E-state index in [4.69, 9.17) is 14.3 Å². The van der Waals surface area contributed by atoms with Gasteiger partial charge in [0.25, 0.3) is 20.2 Å². The van der Waals surface area contributed by atoms with Crippen LogP contribution in [0.1, 0.15) is 11.1 Å². The van der Waals surface area contributed by atoms with Crippen molar-refractivity contribution in [2.24, 2.45) is 10.2 Å². The fourth-order valence-electron chi connectivity index (χ4n) is 6.41. The highest BCUT2D eigenvalue weighted by Gasteiger charge is 2.30. The summed E-state index contributed by atoms with van der Waals surface area (Å²) < 4.78 is 86.2. The molecule has 0 saturated carbocycles. The van der Waals surface area contributed by atoms with Crippen LogP contribution in [0.15, 0.2) is 92.8 Å². The van der Waals surface area contributed by atoms with Crippen molar-refractivity contribution in [3.05, 3.63) is 83.9 Å². The number of phenols is 2. The summed E-state index contributed by atoms with van der Waals surface area (Å²) in [7, 11) is -10.1. The van der Waals surface area contributed by atoms with Crippen molar-refractivity contribution in [2.45, 2.75) is 23.6 Å². The Hall–Kier alpha value is -5.94. The Morgan fingerprint density at radius 2 is 0.980 bits per heavy atom. The first-order chi connectivity index (χ1) is 24.5. The predicted molar refractivity (Wildman–Crippen MR) is 189 cm³/mol. The number of nitrogens with two attached hydrogens (primary N) is 2. The maximum absolute atomic E-state index is 12.8. The molecule has 0 saturated heterocycles. The Bertz CT molecular complexity index is 2600. The second-order valence-corrected chi connectivity index (χ2v) is 14.3. The zero-order chi connectivity index (χ0) is 37.9. The van der Waals surface area contributed by atoms with Crippen molar-refractivity contribution in [3.63, 3.8) is 0 Å². The number of aryl methyl sites for hydroxylation is 2. The summed E-state index contributed by atoms with van der Waals surface area (Å²) in [5, 5.41) is 29.5. The topological polar surface area (TPSA) is 274 Å². The molecule has 0 bridgehead atoms. The zero-order valence-electron chi connectivity index (χ0n) is 28.1. The number of phenolic OH excluding ortho intramolecular Hbond substituents is 2. The predicted octanol–water partition coefficient (Wildman–Crippen LogP) is 8.00. The van der Waals surface area contributed by atoms with Crippen LogP contribution >= 0.6 is 0 Å². The molecule has 16 heteroatoms. The van der Waals surface area contributed by atoms with Gasteiger partial charge in [-0.1, -0.05) is 36.4 Å². The summed E-state index contributed by atoms with van der Waals surface area (Å²) in [5.74, 6) is -1.25. The molecule has 0 aliphatic carbocycles. The molecular weight excluding hydrogens is 685 g/mol. The summed E-state index contributed by atoms with van der Waals surface area (Å²) in [6.07, 6.45) is 0. The number of nitrogens with one attached hydrogen (secondary N) is 2. The smallest absolute Gasteiger partial charge is 0.297 e. The first-order valence-corrected chi connectivity index (χ1v) is 17.4. The van der Waals surface area contributed by atoms with E-state index >= 15 is 0 Å². The Morgan fingerprint density at radius 3 is 1.30 bits per heavy atom. The van der Waals surface area contributed by atoms with Crippen molar-refractivity contribution in [3.8, 4) is 44.9 Å². The molecule has 0 heterocycles. The molecule has 6 rings (SSSR count). The van der Waals surface area contributed by atoms with E-state index in [0.29, 0.717) is 33.4 Å². The third-order valence-electron chi connectivity index (χ3n) is 8.51. The Balaban J connectivity index is 1.58. The fourth-order valence-corrected chi connectivity index (χ4v) is 8.14. The molecule has 10 N–H and O–H groups in total. The molecule has 14 nitrogen and oxygen atoms in total. The number of nitrogens with zero attached hydrogens (tertiary/aromatic N) is 2. The largest absolute Gasteiger partial charge is 0.505 e. The minimum atomic E-state index is -5.06. The second-order valence-electron chi connectivity index (χ2n) is 11.6. The third kappa shape index (κ3) is 5.45. The minimum absolute atomic E-state index is 0.0384. The molecule has 6 aromatic carbocycles. The SMILES string of the molecule is [H]/N=N/c1c(S(=O)(=O)O)c(-c2ccc(-c3ccc(-c4c(S(=O)(=O)O)c(/N=N/[H])c(O)c5ccc(N)cc45)cc3C)c(C)c2)c2cc(N)ccc2c1O. The lowest BCUT2D eigenvalue weighted by atomic mass is 9.89. The normalized spacial score (nSPS) is 13.0. The van der Waals surface area contributed by atoms with E-state index in [9.17, 15) is 36.2 Å². The lowest BCUT2D eigenvalue weighted by Crippen LogP contribution is -2.04. The van der Waals surface area contributed by atoms with E-state index < -0.39 is 52.9 Å². The molecule has 0 aliphatic heterocycles. The summed E-state index contributed by atoms with van der Waals surface area (Å²) in [6, 6.07) is 18.6. The number of nitrogen functional groups attached to an aromatic ring is 2. The van der Waals surface area contributed by atoms with Crippen LogP contribution in [0.2, 0.25) is 2.82 Å². The van der Waals surface area contributed by atoms with E-state index in [2.05, 4.69) is 21.3 Å². The summed E-state index contributed by atoms with van der Waals surface area (Å²) in [4.78, 5) is -1.54. The molecule has 0 spiro atoms. The summed E-state index contributed by atoms with van der Waals surface area (Å²) >= 11 is 0. The average Bonchev–Trinajstić information content (AvgIpc) is 3.06. The first-order valence-electron chi connectivity index (χ1n) is 15.4. The van der Waals surface area contributed by atoms with E-state index in [0.717, 1.165) is 0 Å². The number of anilines is 2. The molecule has 6 aromatic rings. The maximum atomic E-state index is 12.8. The van der Waals surface area contributed by atoms with Crippen LogP contribution in [0.4, 0.5) is 22.7 Å². The lowest BCUT2D eigenvalue weighted by molar-refractivity contribution is 0.472. The standard InChI is InChI=1S/C34H28N6O8S2/c1-15-11-17(27-25-13-19(35)5-9-23(25)31(41)29(39-37)33(27)49(43,44)45)3-7-21(15)22-8-4-18(12-16(22)2)28-26-14-20(36)6-10-24(26)32(42)30(40-38)34(28)50(46,47)48/h3-14,37-38,41-42H,35-36H2,1-2H3,(H,43,44,45)(H,46,47,48)/b39-37+,40-38+. The zero-order valence-corrected chi connectivity index (χ0v) is 27.7. The molecule has 0 aromatic heterocycles. The quantitative estimate of drug-likeness (QED) is 0.0448. The molecule has 0 fully saturated rings. The van der Waals surface area contributed by atoms with Crippen molar-refractivity contribution in [1.29, 1.82) is 11.0 Å². The average molecular weight is 713 g/mol. The van der Waals surface area contributed by atoms with Gasteiger partial charge in [0.1, 0.15) is 21.2 Å². The monoisotopic (exact) mass is 712 g/mol. The van der Waals surface area contributed by atoms with Crippen molar-refractivity contribution in [1.82, 2.24) is 0 Å². The van der Waals surface area contributed by atoms with E-state index in [1.54, 1.807) is 50.2 Å². The van der Waals surface area contributed by atoms with E-state index in [1.807, 2.05) is 0 Å². The van der Waals surface area contributed by atoms with Gasteiger partial charge in [0, 0.05) is 33.3 Å². The van der Waals surface area contributed by atoms with Gasteiger partial charge in [0.15, 0.2) is 11.5 Å². The number of benzene rings is 6. The van der Waals surface area contributed by atoms with Gasteiger partial charge in [-0.05, 0) is 94.4 Å². The van der Waals surface area contributed by atoms with Crippen LogP contribution in [0.25, 0.3) is 54.9 Å². The molecule has 0 atom stereocenters. The van der Waals surface area contributed by atoms with Gasteiger partial charge >= 0.3 is 0 Å². The van der Waals surface area contributed by atoms with Crippen LogP contribution in [-0.4, -0.2) is 36.2 Å². The Morgan fingerprint density at radius 1 is 0.600 bits per heavy atom. The number of hydrogen-bond donors (Lipinski definition) is 8. The van der Waals surface area contributed by atoms with Crippen molar-refractivity contribution >= 4 is 64.5 Å². The van der Waals surface area contributed by atoms with Crippen LogP contribution in [0.5, 0.6) is 11.5 Å². The van der Waals surface area contributed by atoms with Gasteiger partial charge in [0.2, 0.25) is 2.82 Å². The maximum Gasteiger partial charge on any atom is 0.297 e. The van der Waals surface area contributed by atoms with Gasteiger partial charge in [-0.15, -0.1) is 0 Å². The highest BCUT2D eigenvalue weighted by Crippen LogP contribution is 2.50. The third-order valence-corrected chi connectivity index (χ3v) is 10.3. The number of rotatable bonds is 7. The highest BCUT2D eigenvalue weighted by molar-refractivity contribution is 7.86. The number of fused-ring (bicyclic) bond motifs is 2. The number of aromatic hydroxyl groups is 2. The molecule has 50 heavy (non-hydrogen) atoms. The summed E-state index contributed by atoms with van der Waals surface area (Å²) in [6.45, 7) is 3.51.